The SMILES string of the molecule is O=C(COCc1ccccc1)N1C[C@H]2c3ccccc3OC[C@@]2(CO)C1. The molecule has 5 nitrogen and oxygen atoms in total. The van der Waals surface area contributed by atoms with Crippen molar-refractivity contribution in [2.75, 3.05) is 32.9 Å². The fraction of sp³-hybridized carbons (Fsp3) is 0.381. The molecule has 0 aromatic heterocycles. The summed E-state index contributed by atoms with van der Waals surface area (Å²) < 4.78 is 11.5. The maximum atomic E-state index is 12.6. The molecule has 1 fully saturated rings. The second-order valence-corrected chi connectivity index (χ2v) is 7.15. The average molecular weight is 353 g/mol. The summed E-state index contributed by atoms with van der Waals surface area (Å²) in [5.41, 5.74) is 1.70. The number of nitrogens with zero attached hydrogens (tertiary/aromatic N) is 1. The standard InChI is InChI=1S/C21H23NO4/c23-14-21-13-22(20(24)12-25-11-16-6-2-1-3-7-16)10-18(21)17-8-4-5-9-19(17)26-15-21/h1-9,18,23H,10-15H2/t18-,21-/m0/s1. The van der Waals surface area contributed by atoms with E-state index in [4.69, 9.17) is 9.47 Å². The molecule has 0 unspecified atom stereocenters. The number of para-hydroxylation sites is 1. The van der Waals surface area contributed by atoms with Gasteiger partial charge in [0.1, 0.15) is 12.4 Å². The Morgan fingerprint density at radius 3 is 2.77 bits per heavy atom. The first-order valence-electron chi connectivity index (χ1n) is 8.94. The van der Waals surface area contributed by atoms with Crippen molar-refractivity contribution in [1.29, 1.82) is 0 Å². The van der Waals surface area contributed by atoms with E-state index in [2.05, 4.69) is 0 Å². The van der Waals surface area contributed by atoms with Crippen LogP contribution < -0.4 is 4.74 Å². The molecule has 0 saturated carbocycles. The average Bonchev–Trinajstić information content (AvgIpc) is 3.10. The van der Waals surface area contributed by atoms with Crippen molar-refractivity contribution in [2.45, 2.75) is 12.5 Å². The van der Waals surface area contributed by atoms with Crippen LogP contribution in [0.3, 0.4) is 0 Å². The van der Waals surface area contributed by atoms with Gasteiger partial charge < -0.3 is 19.5 Å². The summed E-state index contributed by atoms with van der Waals surface area (Å²) in [7, 11) is 0. The highest BCUT2D eigenvalue weighted by molar-refractivity contribution is 5.78. The number of hydrogen-bond donors (Lipinski definition) is 1. The van der Waals surface area contributed by atoms with Gasteiger partial charge in [0.25, 0.3) is 0 Å². The Labute approximate surface area is 153 Å². The van der Waals surface area contributed by atoms with Gasteiger partial charge >= 0.3 is 0 Å². The molecule has 2 aromatic carbocycles. The van der Waals surface area contributed by atoms with Gasteiger partial charge in [-0.25, -0.2) is 0 Å². The van der Waals surface area contributed by atoms with Crippen LogP contribution in [0.4, 0.5) is 0 Å². The first kappa shape index (κ1) is 17.1. The van der Waals surface area contributed by atoms with Crippen LogP contribution >= 0.6 is 0 Å². The van der Waals surface area contributed by atoms with Gasteiger partial charge in [-0.2, -0.15) is 0 Å². The van der Waals surface area contributed by atoms with Gasteiger partial charge in [0, 0.05) is 19.0 Å². The molecule has 1 saturated heterocycles. The van der Waals surface area contributed by atoms with Gasteiger partial charge in [0.2, 0.25) is 5.91 Å². The number of carbonyl (C=O) groups is 1. The first-order chi connectivity index (χ1) is 12.7. The van der Waals surface area contributed by atoms with E-state index in [1.165, 1.54) is 0 Å². The highest BCUT2D eigenvalue weighted by atomic mass is 16.5. The minimum atomic E-state index is -0.427. The molecule has 26 heavy (non-hydrogen) atoms. The van der Waals surface area contributed by atoms with Crippen LogP contribution in [-0.2, 0) is 16.1 Å². The Kier molecular flexibility index (Phi) is 4.66. The zero-order valence-electron chi connectivity index (χ0n) is 14.6. The highest BCUT2D eigenvalue weighted by Crippen LogP contribution is 2.49. The number of hydrogen-bond acceptors (Lipinski definition) is 4. The maximum absolute atomic E-state index is 12.6. The van der Waals surface area contributed by atoms with Crippen molar-refractivity contribution < 1.29 is 19.4 Å². The molecule has 4 rings (SSSR count). The topological polar surface area (TPSA) is 59.0 Å². The molecule has 0 spiro atoms. The molecule has 136 valence electrons. The molecule has 0 radical (unpaired) electrons. The third-order valence-electron chi connectivity index (χ3n) is 5.46. The molecular weight excluding hydrogens is 330 g/mol. The molecule has 2 aromatic rings. The molecule has 5 heteroatoms. The molecule has 2 heterocycles. The van der Waals surface area contributed by atoms with Crippen LogP contribution in [0.1, 0.15) is 17.0 Å². The molecule has 0 bridgehead atoms. The van der Waals surface area contributed by atoms with E-state index >= 15 is 0 Å². The van der Waals surface area contributed by atoms with E-state index in [0.717, 1.165) is 16.9 Å². The fourth-order valence-electron chi connectivity index (χ4n) is 3.98. The van der Waals surface area contributed by atoms with Crippen molar-refractivity contribution >= 4 is 5.91 Å². The molecule has 2 aliphatic heterocycles. The summed E-state index contributed by atoms with van der Waals surface area (Å²) in [5.74, 6) is 0.910. The van der Waals surface area contributed by atoms with Crippen molar-refractivity contribution in [3.63, 3.8) is 0 Å². The van der Waals surface area contributed by atoms with E-state index in [-0.39, 0.29) is 25.0 Å². The number of amides is 1. The number of aliphatic hydroxyl groups is 1. The number of fused-ring (bicyclic) bond motifs is 3. The quantitative estimate of drug-likeness (QED) is 0.895. The van der Waals surface area contributed by atoms with E-state index in [1.807, 2.05) is 54.6 Å². The van der Waals surface area contributed by atoms with Gasteiger partial charge in [0.15, 0.2) is 0 Å². The lowest BCUT2D eigenvalue weighted by atomic mass is 9.74. The van der Waals surface area contributed by atoms with Crippen LogP contribution in [0.15, 0.2) is 54.6 Å². The third-order valence-corrected chi connectivity index (χ3v) is 5.46. The third kappa shape index (κ3) is 3.08. The van der Waals surface area contributed by atoms with Crippen molar-refractivity contribution in [3.8, 4) is 5.75 Å². The second kappa shape index (κ2) is 7.09. The van der Waals surface area contributed by atoms with Crippen molar-refractivity contribution in [2.24, 2.45) is 5.41 Å². The second-order valence-electron chi connectivity index (χ2n) is 7.15. The summed E-state index contributed by atoms with van der Waals surface area (Å²) in [6, 6.07) is 17.7. The van der Waals surface area contributed by atoms with Gasteiger partial charge in [-0.15, -0.1) is 0 Å². The Bertz CT molecular complexity index is 779. The molecule has 1 N–H and O–H groups in total. The number of benzene rings is 2. The lowest BCUT2D eigenvalue weighted by Crippen LogP contribution is -2.43. The largest absolute Gasteiger partial charge is 0.493 e. The van der Waals surface area contributed by atoms with Crippen LogP contribution in [0, 0.1) is 5.41 Å². The predicted molar refractivity (Wildman–Crippen MR) is 96.9 cm³/mol. The van der Waals surface area contributed by atoms with E-state index in [1.54, 1.807) is 4.90 Å². The molecule has 2 atom stereocenters. The van der Waals surface area contributed by atoms with Gasteiger partial charge in [-0.05, 0) is 17.2 Å². The molecule has 2 aliphatic rings. The van der Waals surface area contributed by atoms with Gasteiger partial charge in [-0.3, -0.25) is 4.79 Å². The Morgan fingerprint density at radius 1 is 1.19 bits per heavy atom. The first-order valence-corrected chi connectivity index (χ1v) is 8.94. The number of ether oxygens (including phenoxy) is 2. The number of carbonyl (C=O) groups excluding carboxylic acids is 1. The van der Waals surface area contributed by atoms with Crippen LogP contribution in [0.2, 0.25) is 0 Å². The number of likely N-dealkylation sites (tertiary alicyclic amines) is 1. The summed E-state index contributed by atoms with van der Waals surface area (Å²) in [6.07, 6.45) is 0. The summed E-state index contributed by atoms with van der Waals surface area (Å²) in [4.78, 5) is 14.4. The van der Waals surface area contributed by atoms with Gasteiger partial charge in [-0.1, -0.05) is 48.5 Å². The zero-order valence-corrected chi connectivity index (χ0v) is 14.6. The smallest absolute Gasteiger partial charge is 0.248 e. The van der Waals surface area contributed by atoms with Crippen LogP contribution in [-0.4, -0.2) is 48.8 Å². The monoisotopic (exact) mass is 353 g/mol. The summed E-state index contributed by atoms with van der Waals surface area (Å²) >= 11 is 0. The maximum Gasteiger partial charge on any atom is 0.248 e. The molecular formula is C21H23NO4. The van der Waals surface area contributed by atoms with E-state index < -0.39 is 5.41 Å². The summed E-state index contributed by atoms with van der Waals surface area (Å²) in [5, 5.41) is 10.1. The van der Waals surface area contributed by atoms with E-state index in [0.29, 0.717) is 26.3 Å². The van der Waals surface area contributed by atoms with Gasteiger partial charge in [0.05, 0.1) is 25.2 Å². The molecule has 1 amide bonds. The van der Waals surface area contributed by atoms with Crippen LogP contribution in [0.25, 0.3) is 0 Å². The minimum Gasteiger partial charge on any atom is -0.493 e. The number of rotatable bonds is 5. The Morgan fingerprint density at radius 2 is 1.96 bits per heavy atom. The lowest BCUT2D eigenvalue weighted by molar-refractivity contribution is -0.136. The molecule has 0 aliphatic carbocycles. The van der Waals surface area contributed by atoms with Crippen molar-refractivity contribution in [3.05, 3.63) is 65.7 Å². The normalized spacial score (nSPS) is 23.9. The Hall–Kier alpha value is -2.37. The van der Waals surface area contributed by atoms with Crippen molar-refractivity contribution in [1.82, 2.24) is 4.90 Å². The zero-order chi connectivity index (χ0) is 18.0. The summed E-state index contributed by atoms with van der Waals surface area (Å²) in [6.45, 7) is 1.98. The number of aliphatic hydroxyl groups excluding tert-OH is 1. The van der Waals surface area contributed by atoms with Crippen LogP contribution in [0.5, 0.6) is 5.75 Å². The highest BCUT2D eigenvalue weighted by Gasteiger charge is 2.51. The fourth-order valence-corrected chi connectivity index (χ4v) is 3.98. The van der Waals surface area contributed by atoms with E-state index in [9.17, 15) is 9.90 Å². The predicted octanol–water partition coefficient (Wildman–Crippen LogP) is 2.20. The minimum absolute atomic E-state index is 0.000648. The lowest BCUT2D eigenvalue weighted by Gasteiger charge is -2.37. The Balaban J connectivity index is 1.42.